The van der Waals surface area contributed by atoms with Crippen LogP contribution in [0.2, 0.25) is 0 Å². The zero-order chi connectivity index (χ0) is 24.9. The molecule has 1 aromatic heterocycles. The fourth-order valence-electron chi connectivity index (χ4n) is 4.22. The maximum absolute atomic E-state index is 12.9. The Morgan fingerprint density at radius 2 is 1.71 bits per heavy atom. The van der Waals surface area contributed by atoms with Crippen molar-refractivity contribution in [3.05, 3.63) is 58.5 Å². The van der Waals surface area contributed by atoms with E-state index < -0.39 is 0 Å². The molecule has 1 N–H and O–H groups in total. The number of benzene rings is 2. The van der Waals surface area contributed by atoms with Crippen LogP contribution >= 0.6 is 11.3 Å². The fraction of sp³-hybridized carbons (Fsp3) is 0.346. The molecule has 0 atom stereocenters. The third-order valence-electron chi connectivity index (χ3n) is 5.93. The smallest absolute Gasteiger partial charge is 0.253 e. The van der Waals surface area contributed by atoms with Gasteiger partial charge in [-0.15, -0.1) is 11.3 Å². The number of hydrogen-bond acceptors (Lipinski definition) is 7. The molecule has 0 bridgehead atoms. The Labute approximate surface area is 209 Å². The van der Waals surface area contributed by atoms with E-state index in [1.165, 1.54) is 11.3 Å². The molecule has 1 aliphatic rings. The van der Waals surface area contributed by atoms with Crippen molar-refractivity contribution in [3.8, 4) is 22.8 Å². The van der Waals surface area contributed by atoms with Crippen molar-refractivity contribution in [2.24, 2.45) is 0 Å². The molecule has 0 spiro atoms. The van der Waals surface area contributed by atoms with Crippen LogP contribution in [0.1, 0.15) is 21.5 Å². The van der Waals surface area contributed by atoms with Gasteiger partial charge in [-0.25, -0.2) is 4.98 Å². The Bertz CT molecular complexity index is 1200. The number of anilines is 1. The van der Waals surface area contributed by atoms with Crippen LogP contribution in [0.25, 0.3) is 11.3 Å². The number of rotatable bonds is 7. The Hall–Kier alpha value is -3.43. The van der Waals surface area contributed by atoms with Crippen LogP contribution in [-0.4, -0.2) is 73.5 Å². The van der Waals surface area contributed by atoms with Gasteiger partial charge in [-0.2, -0.15) is 0 Å². The first-order valence-electron chi connectivity index (χ1n) is 11.4. The van der Waals surface area contributed by atoms with Crippen LogP contribution < -0.4 is 14.8 Å². The topological polar surface area (TPSA) is 84.0 Å². The number of ether oxygens (including phenoxy) is 2. The SMILES string of the molecule is COc1ccc(-c2csc(NC(=O)CN3CCN(C(=O)c4cc(C)cc(C)c4)CC3)n2)c(OC)c1. The van der Waals surface area contributed by atoms with Gasteiger partial charge in [-0.1, -0.05) is 17.2 Å². The second kappa shape index (κ2) is 10.9. The lowest BCUT2D eigenvalue weighted by Gasteiger charge is -2.34. The zero-order valence-corrected chi connectivity index (χ0v) is 21.3. The number of aromatic nitrogens is 1. The van der Waals surface area contributed by atoms with Crippen molar-refractivity contribution in [2.75, 3.05) is 52.3 Å². The van der Waals surface area contributed by atoms with E-state index in [2.05, 4.69) is 21.3 Å². The highest BCUT2D eigenvalue weighted by atomic mass is 32.1. The maximum Gasteiger partial charge on any atom is 0.253 e. The fourth-order valence-corrected chi connectivity index (χ4v) is 4.94. The van der Waals surface area contributed by atoms with Gasteiger partial charge in [0.2, 0.25) is 5.91 Å². The van der Waals surface area contributed by atoms with Gasteiger partial charge in [-0.3, -0.25) is 14.5 Å². The van der Waals surface area contributed by atoms with Crippen molar-refractivity contribution in [1.29, 1.82) is 0 Å². The van der Waals surface area contributed by atoms with E-state index >= 15 is 0 Å². The zero-order valence-electron chi connectivity index (χ0n) is 20.5. The molecule has 2 heterocycles. The van der Waals surface area contributed by atoms with Gasteiger partial charge in [0.25, 0.3) is 5.91 Å². The average Bonchev–Trinajstić information content (AvgIpc) is 3.31. The number of methoxy groups -OCH3 is 2. The van der Waals surface area contributed by atoms with Gasteiger partial charge >= 0.3 is 0 Å². The molecule has 1 fully saturated rings. The van der Waals surface area contributed by atoms with Gasteiger partial charge in [0.15, 0.2) is 5.13 Å². The first kappa shape index (κ1) is 24.7. The minimum Gasteiger partial charge on any atom is -0.497 e. The van der Waals surface area contributed by atoms with E-state index in [-0.39, 0.29) is 18.4 Å². The molecule has 1 aliphatic heterocycles. The van der Waals surface area contributed by atoms with Crippen LogP contribution in [0.4, 0.5) is 5.13 Å². The number of hydrogen-bond donors (Lipinski definition) is 1. The third kappa shape index (κ3) is 5.98. The van der Waals surface area contributed by atoms with Gasteiger partial charge < -0.3 is 19.7 Å². The van der Waals surface area contributed by atoms with E-state index in [9.17, 15) is 9.59 Å². The lowest BCUT2D eigenvalue weighted by Crippen LogP contribution is -2.50. The summed E-state index contributed by atoms with van der Waals surface area (Å²) in [5.74, 6) is 1.28. The molecule has 0 aliphatic carbocycles. The average molecular weight is 495 g/mol. The van der Waals surface area contributed by atoms with Crippen molar-refractivity contribution in [2.45, 2.75) is 13.8 Å². The van der Waals surface area contributed by atoms with Crippen LogP contribution in [-0.2, 0) is 4.79 Å². The summed E-state index contributed by atoms with van der Waals surface area (Å²) < 4.78 is 10.7. The van der Waals surface area contributed by atoms with Crippen molar-refractivity contribution >= 4 is 28.3 Å². The van der Waals surface area contributed by atoms with Gasteiger partial charge in [0.1, 0.15) is 11.5 Å². The summed E-state index contributed by atoms with van der Waals surface area (Å²) in [6.45, 7) is 6.74. The molecule has 35 heavy (non-hydrogen) atoms. The number of carbonyl (C=O) groups is 2. The van der Waals surface area contributed by atoms with E-state index in [1.54, 1.807) is 20.3 Å². The van der Waals surface area contributed by atoms with Gasteiger partial charge in [0.05, 0.1) is 26.5 Å². The first-order chi connectivity index (χ1) is 16.9. The Morgan fingerprint density at radius 1 is 1.00 bits per heavy atom. The second-order valence-corrected chi connectivity index (χ2v) is 9.46. The quantitative estimate of drug-likeness (QED) is 0.537. The summed E-state index contributed by atoms with van der Waals surface area (Å²) in [7, 11) is 3.20. The summed E-state index contributed by atoms with van der Waals surface area (Å²) in [4.78, 5) is 34.0. The summed E-state index contributed by atoms with van der Waals surface area (Å²) in [5.41, 5.74) is 4.44. The maximum atomic E-state index is 12.9. The molecule has 9 heteroatoms. The minimum absolute atomic E-state index is 0.0465. The van der Waals surface area contributed by atoms with Gasteiger partial charge in [0, 0.05) is 48.8 Å². The molecule has 1 saturated heterocycles. The van der Waals surface area contributed by atoms with Crippen LogP contribution in [0, 0.1) is 13.8 Å². The molecule has 2 amide bonds. The number of nitrogens with zero attached hydrogens (tertiary/aromatic N) is 3. The van der Waals surface area contributed by atoms with E-state index in [0.717, 1.165) is 27.9 Å². The first-order valence-corrected chi connectivity index (χ1v) is 12.3. The summed E-state index contributed by atoms with van der Waals surface area (Å²) >= 11 is 1.37. The molecular formula is C26H30N4O4S. The second-order valence-electron chi connectivity index (χ2n) is 8.60. The van der Waals surface area contributed by atoms with Crippen molar-refractivity contribution in [3.63, 3.8) is 0 Å². The number of nitrogens with one attached hydrogen (secondary N) is 1. The number of aryl methyl sites for hydroxylation is 2. The van der Waals surface area contributed by atoms with E-state index in [0.29, 0.717) is 42.8 Å². The van der Waals surface area contributed by atoms with Crippen molar-refractivity contribution < 1.29 is 19.1 Å². The number of carbonyl (C=O) groups excluding carboxylic acids is 2. The molecule has 0 unspecified atom stereocenters. The number of amides is 2. The summed E-state index contributed by atoms with van der Waals surface area (Å²) in [6.07, 6.45) is 0. The van der Waals surface area contributed by atoms with E-state index in [1.807, 2.05) is 48.4 Å². The lowest BCUT2D eigenvalue weighted by atomic mass is 10.1. The van der Waals surface area contributed by atoms with Crippen LogP contribution in [0.5, 0.6) is 11.5 Å². The van der Waals surface area contributed by atoms with Crippen LogP contribution in [0.15, 0.2) is 41.8 Å². The largest absolute Gasteiger partial charge is 0.497 e. The molecule has 4 rings (SSSR count). The molecule has 184 valence electrons. The lowest BCUT2D eigenvalue weighted by molar-refractivity contribution is -0.117. The highest BCUT2D eigenvalue weighted by Crippen LogP contribution is 2.34. The monoisotopic (exact) mass is 494 g/mol. The number of thiazole rings is 1. The normalized spacial score (nSPS) is 14.0. The highest BCUT2D eigenvalue weighted by molar-refractivity contribution is 7.14. The molecule has 0 saturated carbocycles. The molecule has 2 aromatic carbocycles. The molecular weight excluding hydrogens is 464 g/mol. The standard InChI is InChI=1S/C26H30N4O4S/c1-17-11-18(2)13-19(12-17)25(32)30-9-7-29(8-10-30)15-24(31)28-26-27-22(16-35-26)21-6-5-20(33-3)14-23(21)34-4/h5-6,11-14,16H,7-10,15H2,1-4H3,(H,27,28,31). The number of piperazine rings is 1. The predicted molar refractivity (Wildman–Crippen MR) is 138 cm³/mol. The van der Waals surface area contributed by atoms with Gasteiger partial charge in [-0.05, 0) is 38.1 Å². The van der Waals surface area contributed by atoms with Crippen LogP contribution in [0.3, 0.4) is 0 Å². The van der Waals surface area contributed by atoms with Crippen molar-refractivity contribution in [1.82, 2.24) is 14.8 Å². The Balaban J connectivity index is 1.30. The molecule has 3 aromatic rings. The minimum atomic E-state index is -0.123. The summed E-state index contributed by atoms with van der Waals surface area (Å²) in [6, 6.07) is 11.5. The predicted octanol–water partition coefficient (Wildman–Crippen LogP) is 3.84. The highest BCUT2D eigenvalue weighted by Gasteiger charge is 2.24. The molecule has 0 radical (unpaired) electrons. The third-order valence-corrected chi connectivity index (χ3v) is 6.69. The molecule has 8 nitrogen and oxygen atoms in total. The Kier molecular flexibility index (Phi) is 7.67. The summed E-state index contributed by atoms with van der Waals surface area (Å²) in [5, 5.41) is 5.31. The Morgan fingerprint density at radius 3 is 2.37 bits per heavy atom. The van der Waals surface area contributed by atoms with E-state index in [4.69, 9.17) is 9.47 Å².